The largest absolute Gasteiger partial charge is 0.382 e. The fourth-order valence-corrected chi connectivity index (χ4v) is 1.07. The number of aromatic nitrogens is 1. The minimum absolute atomic E-state index is 0.164. The summed E-state index contributed by atoms with van der Waals surface area (Å²) in [4.78, 5) is 15.4. The number of pyridine rings is 1. The van der Waals surface area contributed by atoms with Crippen molar-refractivity contribution in [3.63, 3.8) is 0 Å². The van der Waals surface area contributed by atoms with Crippen molar-refractivity contribution in [3.05, 3.63) is 30.1 Å². The van der Waals surface area contributed by atoms with Crippen LogP contribution in [0, 0.1) is 0 Å². The molecule has 2 amide bonds. The van der Waals surface area contributed by atoms with Crippen LogP contribution in [0.25, 0.3) is 0 Å². The van der Waals surface area contributed by atoms with Crippen molar-refractivity contribution in [2.24, 2.45) is 0 Å². The highest BCUT2D eigenvalue weighted by atomic mass is 16.5. The van der Waals surface area contributed by atoms with E-state index in [4.69, 9.17) is 9.47 Å². The van der Waals surface area contributed by atoms with E-state index in [1.165, 1.54) is 0 Å². The van der Waals surface area contributed by atoms with Crippen LogP contribution in [0.4, 0.5) is 4.79 Å². The summed E-state index contributed by atoms with van der Waals surface area (Å²) in [5.41, 5.74) is 0.808. The average Bonchev–Trinajstić information content (AvgIpc) is 2.37. The number of carbonyl (C=O) groups is 1. The van der Waals surface area contributed by atoms with E-state index in [0.717, 1.165) is 5.69 Å². The van der Waals surface area contributed by atoms with Crippen molar-refractivity contribution in [3.8, 4) is 0 Å². The third-order valence-electron chi connectivity index (χ3n) is 1.92. The van der Waals surface area contributed by atoms with Gasteiger partial charge in [-0.3, -0.25) is 4.98 Å². The highest BCUT2D eigenvalue weighted by molar-refractivity contribution is 5.73. The van der Waals surface area contributed by atoms with E-state index in [1.54, 1.807) is 13.3 Å². The summed E-state index contributed by atoms with van der Waals surface area (Å²) >= 11 is 0. The first-order valence-electron chi connectivity index (χ1n) is 5.31. The molecule has 0 atom stereocenters. The van der Waals surface area contributed by atoms with Crippen LogP contribution in [-0.2, 0) is 16.0 Å². The number of urea groups is 1. The maximum absolute atomic E-state index is 11.3. The van der Waals surface area contributed by atoms with Crippen LogP contribution in [0.5, 0.6) is 0 Å². The van der Waals surface area contributed by atoms with Crippen molar-refractivity contribution in [2.45, 2.75) is 6.54 Å². The molecule has 0 spiro atoms. The Bertz CT molecular complexity index is 319. The number of rotatable bonds is 7. The van der Waals surface area contributed by atoms with Gasteiger partial charge in [-0.1, -0.05) is 6.07 Å². The number of nitrogens with zero attached hydrogens (tertiary/aromatic N) is 1. The predicted molar refractivity (Wildman–Crippen MR) is 62.3 cm³/mol. The molecule has 0 bridgehead atoms. The molecule has 0 unspecified atom stereocenters. The molecule has 17 heavy (non-hydrogen) atoms. The minimum Gasteiger partial charge on any atom is -0.382 e. The maximum Gasteiger partial charge on any atom is 0.316 e. The molecule has 0 saturated heterocycles. The number of hydrogen-bond acceptors (Lipinski definition) is 4. The van der Waals surface area contributed by atoms with Crippen LogP contribution in [0.3, 0.4) is 0 Å². The van der Waals surface area contributed by atoms with Crippen LogP contribution in [0.2, 0.25) is 0 Å². The molecule has 2 N–H and O–H groups in total. The Hall–Kier alpha value is -1.66. The fourth-order valence-electron chi connectivity index (χ4n) is 1.07. The number of carbonyl (C=O) groups excluding carboxylic acids is 1. The zero-order chi connectivity index (χ0) is 12.3. The zero-order valence-corrected chi connectivity index (χ0v) is 9.81. The summed E-state index contributed by atoms with van der Waals surface area (Å²) in [6.07, 6.45) is 1.68. The van der Waals surface area contributed by atoms with Gasteiger partial charge in [-0.15, -0.1) is 0 Å². The molecule has 1 aromatic heterocycles. The number of amides is 2. The van der Waals surface area contributed by atoms with Crippen molar-refractivity contribution in [1.29, 1.82) is 0 Å². The Kier molecular flexibility index (Phi) is 6.69. The minimum atomic E-state index is -0.284. The zero-order valence-electron chi connectivity index (χ0n) is 9.81. The Labute approximate surface area is 100 Å². The smallest absolute Gasteiger partial charge is 0.316 e. The quantitative estimate of drug-likeness (QED) is 0.537. The van der Waals surface area contributed by atoms with Crippen LogP contribution in [-0.4, -0.2) is 38.1 Å². The summed E-state index contributed by atoms with van der Waals surface area (Å²) in [5, 5.41) is 5.22. The van der Waals surface area contributed by atoms with Gasteiger partial charge in [0, 0.05) is 13.3 Å². The molecule has 94 valence electrons. The second-order valence-corrected chi connectivity index (χ2v) is 3.23. The molecule has 6 heteroatoms. The van der Waals surface area contributed by atoms with Gasteiger partial charge in [0.2, 0.25) is 0 Å². The van der Waals surface area contributed by atoms with E-state index in [1.807, 2.05) is 18.2 Å². The Balaban J connectivity index is 2.05. The third-order valence-corrected chi connectivity index (χ3v) is 1.92. The SMILES string of the molecule is COCCOCNC(=O)NCc1ccccn1. The molecule has 1 aromatic rings. The van der Waals surface area contributed by atoms with Crippen LogP contribution < -0.4 is 10.6 Å². The monoisotopic (exact) mass is 239 g/mol. The van der Waals surface area contributed by atoms with Crippen molar-refractivity contribution in [1.82, 2.24) is 15.6 Å². The average molecular weight is 239 g/mol. The van der Waals surface area contributed by atoms with E-state index in [0.29, 0.717) is 19.8 Å². The maximum atomic E-state index is 11.3. The molecule has 1 rings (SSSR count). The van der Waals surface area contributed by atoms with Gasteiger partial charge in [0.25, 0.3) is 0 Å². The van der Waals surface area contributed by atoms with Crippen molar-refractivity contribution < 1.29 is 14.3 Å². The summed E-state index contributed by atoms with van der Waals surface area (Å²) in [5.74, 6) is 0. The number of ether oxygens (including phenoxy) is 2. The molecule has 0 radical (unpaired) electrons. The van der Waals surface area contributed by atoms with Crippen molar-refractivity contribution in [2.75, 3.05) is 27.1 Å². The number of hydrogen-bond donors (Lipinski definition) is 2. The van der Waals surface area contributed by atoms with Gasteiger partial charge < -0.3 is 20.1 Å². The van der Waals surface area contributed by atoms with Crippen LogP contribution in [0.1, 0.15) is 5.69 Å². The van der Waals surface area contributed by atoms with Gasteiger partial charge in [0.15, 0.2) is 0 Å². The summed E-state index contributed by atoms with van der Waals surface area (Å²) < 4.78 is 9.88. The predicted octanol–water partition coefficient (Wildman–Crippen LogP) is 0.501. The fraction of sp³-hybridized carbons (Fsp3) is 0.455. The van der Waals surface area contributed by atoms with E-state index in [2.05, 4.69) is 15.6 Å². The van der Waals surface area contributed by atoms with Gasteiger partial charge in [-0.25, -0.2) is 4.79 Å². The Morgan fingerprint density at radius 3 is 2.94 bits per heavy atom. The lowest BCUT2D eigenvalue weighted by molar-refractivity contribution is 0.0642. The normalized spacial score (nSPS) is 9.94. The molecule has 0 saturated carbocycles. The lowest BCUT2D eigenvalue weighted by Gasteiger charge is -2.07. The Morgan fingerprint density at radius 1 is 1.35 bits per heavy atom. The lowest BCUT2D eigenvalue weighted by Crippen LogP contribution is -2.36. The molecule has 0 aliphatic rings. The first-order valence-corrected chi connectivity index (χ1v) is 5.31. The molecular formula is C11H17N3O3. The lowest BCUT2D eigenvalue weighted by atomic mass is 10.3. The van der Waals surface area contributed by atoms with Crippen LogP contribution >= 0.6 is 0 Å². The highest BCUT2D eigenvalue weighted by Gasteiger charge is 1.99. The summed E-state index contributed by atoms with van der Waals surface area (Å²) in [7, 11) is 1.59. The first kappa shape index (κ1) is 13.4. The van der Waals surface area contributed by atoms with E-state index < -0.39 is 0 Å². The van der Waals surface area contributed by atoms with E-state index >= 15 is 0 Å². The molecule has 6 nitrogen and oxygen atoms in total. The second kappa shape index (κ2) is 8.49. The summed E-state index contributed by atoms with van der Waals surface area (Å²) in [6, 6.07) is 5.26. The van der Waals surface area contributed by atoms with Crippen molar-refractivity contribution >= 4 is 6.03 Å². The molecule has 0 aliphatic heterocycles. The topological polar surface area (TPSA) is 72.5 Å². The van der Waals surface area contributed by atoms with Gasteiger partial charge >= 0.3 is 6.03 Å². The van der Waals surface area contributed by atoms with Gasteiger partial charge in [-0.05, 0) is 12.1 Å². The standard InChI is InChI=1S/C11H17N3O3/c1-16-6-7-17-9-14-11(15)13-8-10-4-2-3-5-12-10/h2-5H,6-9H2,1H3,(H2,13,14,15). The molecule has 0 aromatic carbocycles. The second-order valence-electron chi connectivity index (χ2n) is 3.23. The van der Waals surface area contributed by atoms with Gasteiger partial charge in [0.05, 0.1) is 25.5 Å². The van der Waals surface area contributed by atoms with Gasteiger partial charge in [-0.2, -0.15) is 0 Å². The molecule has 1 heterocycles. The summed E-state index contributed by atoms with van der Waals surface area (Å²) in [6.45, 7) is 1.52. The molecule has 0 fully saturated rings. The van der Waals surface area contributed by atoms with Gasteiger partial charge in [0.1, 0.15) is 6.73 Å². The van der Waals surface area contributed by atoms with Crippen LogP contribution in [0.15, 0.2) is 24.4 Å². The third kappa shape index (κ3) is 6.49. The first-order chi connectivity index (χ1) is 8.33. The number of nitrogens with one attached hydrogen (secondary N) is 2. The highest BCUT2D eigenvalue weighted by Crippen LogP contribution is 1.91. The Morgan fingerprint density at radius 2 is 2.24 bits per heavy atom. The van der Waals surface area contributed by atoms with E-state index in [-0.39, 0.29) is 12.8 Å². The number of methoxy groups -OCH3 is 1. The van der Waals surface area contributed by atoms with E-state index in [9.17, 15) is 4.79 Å². The molecule has 0 aliphatic carbocycles. The molecular weight excluding hydrogens is 222 g/mol.